The van der Waals surface area contributed by atoms with Gasteiger partial charge in [-0.1, -0.05) is 17.7 Å². The van der Waals surface area contributed by atoms with Crippen LogP contribution < -0.4 is 15.4 Å². The van der Waals surface area contributed by atoms with E-state index >= 15 is 0 Å². The van der Waals surface area contributed by atoms with Gasteiger partial charge in [0.25, 0.3) is 0 Å². The predicted octanol–water partition coefficient (Wildman–Crippen LogP) is 2.14. The average Bonchev–Trinajstić information content (AvgIpc) is 2.82. The summed E-state index contributed by atoms with van der Waals surface area (Å²) < 4.78 is 17.0. The van der Waals surface area contributed by atoms with E-state index in [1.54, 1.807) is 6.21 Å². The van der Waals surface area contributed by atoms with Crippen molar-refractivity contribution in [3.63, 3.8) is 0 Å². The summed E-state index contributed by atoms with van der Waals surface area (Å²) in [6, 6.07) is 10.1. The molecule has 0 bridgehead atoms. The first-order valence-corrected chi connectivity index (χ1v) is 11.3. The van der Waals surface area contributed by atoms with Crippen molar-refractivity contribution in [2.24, 2.45) is 4.99 Å². The van der Waals surface area contributed by atoms with Gasteiger partial charge in [-0.05, 0) is 24.6 Å². The summed E-state index contributed by atoms with van der Waals surface area (Å²) in [6.07, 6.45) is 1.81. The molecule has 2 aromatic rings. The second kappa shape index (κ2) is 11.3. The summed E-state index contributed by atoms with van der Waals surface area (Å²) in [6.45, 7) is 10.7. The van der Waals surface area contributed by atoms with Crippen molar-refractivity contribution in [3.8, 4) is 5.88 Å². The normalized spacial score (nSPS) is 17.7. The second-order valence-corrected chi connectivity index (χ2v) is 8.16. The Labute approximate surface area is 190 Å². The molecule has 8 heteroatoms. The first kappa shape index (κ1) is 22.5. The summed E-state index contributed by atoms with van der Waals surface area (Å²) in [7, 11) is 0. The number of rotatable bonds is 8. The Morgan fingerprint density at radius 3 is 2.59 bits per heavy atom. The van der Waals surface area contributed by atoms with E-state index in [1.807, 2.05) is 18.2 Å². The lowest BCUT2D eigenvalue weighted by molar-refractivity contribution is 0.0320. The molecule has 0 radical (unpaired) electrons. The molecule has 2 N–H and O–H groups in total. The lowest BCUT2D eigenvalue weighted by atomic mass is 10.1. The fraction of sp³-hybridized carbons (Fsp3) is 0.500. The van der Waals surface area contributed by atoms with E-state index in [9.17, 15) is 0 Å². The van der Waals surface area contributed by atoms with Crippen molar-refractivity contribution in [1.82, 2.24) is 9.88 Å². The molecule has 2 aliphatic rings. The van der Waals surface area contributed by atoms with Crippen LogP contribution in [0.5, 0.6) is 5.88 Å². The Balaban J connectivity index is 1.45. The molecule has 0 saturated carbocycles. The number of aryl methyl sites for hydroxylation is 1. The highest BCUT2D eigenvalue weighted by Crippen LogP contribution is 2.22. The third kappa shape index (κ3) is 6.41. The van der Waals surface area contributed by atoms with Crippen molar-refractivity contribution in [3.05, 3.63) is 47.2 Å². The summed E-state index contributed by atoms with van der Waals surface area (Å²) in [5.41, 5.74) is 10.9. The topological polar surface area (TPSA) is 85.4 Å². The van der Waals surface area contributed by atoms with E-state index < -0.39 is 0 Å². The highest BCUT2D eigenvalue weighted by molar-refractivity contribution is 5.79. The van der Waals surface area contributed by atoms with Crippen molar-refractivity contribution < 1.29 is 14.2 Å². The van der Waals surface area contributed by atoms with Crippen molar-refractivity contribution in [1.29, 1.82) is 0 Å². The lowest BCUT2D eigenvalue weighted by Crippen LogP contribution is -2.38. The Morgan fingerprint density at radius 2 is 1.81 bits per heavy atom. The van der Waals surface area contributed by atoms with E-state index in [1.165, 1.54) is 5.56 Å². The molecule has 3 heterocycles. The number of hydrogen-bond acceptors (Lipinski definition) is 8. The molecule has 1 aromatic heterocycles. The molecule has 0 aliphatic carbocycles. The van der Waals surface area contributed by atoms with E-state index in [0.29, 0.717) is 19.0 Å². The standard InChI is InChI=1S/C24H33N5O3/c1-19-2-3-23(25)20(14-19)17-26-18-21-15-22(29-7-11-31-12-8-29)16-24(27-21)32-13-6-28-4-9-30-10-5-28/h2-3,14-16,18H,4-13,17,25H2,1H3. The van der Waals surface area contributed by atoms with Crippen molar-refractivity contribution in [2.75, 3.05) is 76.4 Å². The van der Waals surface area contributed by atoms with Gasteiger partial charge in [-0.3, -0.25) is 9.89 Å². The van der Waals surface area contributed by atoms with Crippen LogP contribution in [0.25, 0.3) is 0 Å². The molecule has 4 rings (SSSR count). The van der Waals surface area contributed by atoms with E-state index in [2.05, 4.69) is 38.8 Å². The first-order chi connectivity index (χ1) is 15.7. The van der Waals surface area contributed by atoms with Gasteiger partial charge in [-0.25, -0.2) is 4.98 Å². The summed E-state index contributed by atoms with van der Waals surface area (Å²) in [5, 5.41) is 0. The van der Waals surface area contributed by atoms with Crippen LogP contribution in [0, 0.1) is 6.92 Å². The SMILES string of the molecule is Cc1ccc(N)c(CN=Cc2cc(N3CCOCC3)cc(OCCN3CCOCC3)n2)c1. The molecule has 32 heavy (non-hydrogen) atoms. The van der Waals surface area contributed by atoms with Gasteiger partial charge >= 0.3 is 0 Å². The molecular formula is C24H33N5O3. The van der Waals surface area contributed by atoms with Crippen LogP contribution in [0.15, 0.2) is 35.3 Å². The minimum Gasteiger partial charge on any atom is -0.476 e. The van der Waals surface area contributed by atoms with E-state index in [0.717, 1.165) is 81.8 Å². The van der Waals surface area contributed by atoms with E-state index in [4.69, 9.17) is 19.9 Å². The maximum atomic E-state index is 6.09. The Kier molecular flexibility index (Phi) is 7.92. The maximum absolute atomic E-state index is 6.09. The number of morpholine rings is 2. The second-order valence-electron chi connectivity index (χ2n) is 8.16. The van der Waals surface area contributed by atoms with Gasteiger partial charge in [0.2, 0.25) is 5.88 Å². The summed E-state index contributed by atoms with van der Waals surface area (Å²) >= 11 is 0. The molecule has 2 aliphatic heterocycles. The number of nitrogens with two attached hydrogens (primary N) is 1. The van der Waals surface area contributed by atoms with Crippen molar-refractivity contribution in [2.45, 2.75) is 13.5 Å². The van der Waals surface area contributed by atoms with Crippen LogP contribution in [0.3, 0.4) is 0 Å². The lowest BCUT2D eigenvalue weighted by Gasteiger charge is -2.29. The smallest absolute Gasteiger partial charge is 0.215 e. The van der Waals surface area contributed by atoms with E-state index in [-0.39, 0.29) is 0 Å². The number of nitrogen functional groups attached to an aromatic ring is 1. The number of aromatic nitrogens is 1. The molecule has 8 nitrogen and oxygen atoms in total. The summed E-state index contributed by atoms with van der Waals surface area (Å²) in [5.74, 6) is 0.624. The largest absolute Gasteiger partial charge is 0.476 e. The Morgan fingerprint density at radius 1 is 1.06 bits per heavy atom. The van der Waals surface area contributed by atoms with Gasteiger partial charge in [-0.2, -0.15) is 0 Å². The highest BCUT2D eigenvalue weighted by Gasteiger charge is 2.15. The van der Waals surface area contributed by atoms with Crippen LogP contribution in [0.2, 0.25) is 0 Å². The van der Waals surface area contributed by atoms with Gasteiger partial charge in [0.1, 0.15) is 6.61 Å². The van der Waals surface area contributed by atoms with Gasteiger partial charge < -0.3 is 24.8 Å². The minimum absolute atomic E-state index is 0.518. The molecule has 2 fully saturated rings. The average molecular weight is 440 g/mol. The molecule has 0 unspecified atom stereocenters. The van der Waals surface area contributed by atoms with Crippen LogP contribution in [-0.4, -0.2) is 81.9 Å². The Hall–Kier alpha value is -2.68. The minimum atomic E-state index is 0.518. The quantitative estimate of drug-likeness (QED) is 0.498. The Bertz CT molecular complexity index is 909. The third-order valence-electron chi connectivity index (χ3n) is 5.73. The zero-order valence-electron chi connectivity index (χ0n) is 18.8. The van der Waals surface area contributed by atoms with Crippen LogP contribution in [0.1, 0.15) is 16.8 Å². The first-order valence-electron chi connectivity index (χ1n) is 11.3. The van der Waals surface area contributed by atoms with Crippen LogP contribution in [0.4, 0.5) is 11.4 Å². The zero-order chi connectivity index (χ0) is 22.2. The zero-order valence-corrected chi connectivity index (χ0v) is 18.8. The van der Waals surface area contributed by atoms with Gasteiger partial charge in [-0.15, -0.1) is 0 Å². The number of benzene rings is 1. The number of anilines is 2. The number of aliphatic imine (C=N–C) groups is 1. The molecule has 1 aromatic carbocycles. The molecular weight excluding hydrogens is 406 g/mol. The number of hydrogen-bond donors (Lipinski definition) is 1. The van der Waals surface area contributed by atoms with Gasteiger partial charge in [0, 0.05) is 56.4 Å². The maximum Gasteiger partial charge on any atom is 0.215 e. The number of ether oxygens (including phenoxy) is 3. The highest BCUT2D eigenvalue weighted by atomic mass is 16.5. The molecule has 2 saturated heterocycles. The van der Waals surface area contributed by atoms with Crippen molar-refractivity contribution >= 4 is 17.6 Å². The van der Waals surface area contributed by atoms with Crippen LogP contribution >= 0.6 is 0 Å². The van der Waals surface area contributed by atoms with Gasteiger partial charge in [0.05, 0.1) is 38.7 Å². The fourth-order valence-corrected chi connectivity index (χ4v) is 3.87. The number of pyridine rings is 1. The monoisotopic (exact) mass is 439 g/mol. The fourth-order valence-electron chi connectivity index (χ4n) is 3.87. The molecule has 0 amide bonds. The molecule has 172 valence electrons. The molecule has 0 spiro atoms. The van der Waals surface area contributed by atoms with Crippen LogP contribution in [-0.2, 0) is 16.0 Å². The molecule has 0 atom stereocenters. The predicted molar refractivity (Wildman–Crippen MR) is 127 cm³/mol. The third-order valence-corrected chi connectivity index (χ3v) is 5.73. The number of nitrogens with zero attached hydrogens (tertiary/aromatic N) is 4. The summed E-state index contributed by atoms with van der Waals surface area (Å²) in [4.78, 5) is 13.9. The van der Waals surface area contributed by atoms with Gasteiger partial charge in [0.15, 0.2) is 0 Å².